The molecule has 0 unspecified atom stereocenters. The lowest BCUT2D eigenvalue weighted by Crippen LogP contribution is -2.02. The Hall–Kier alpha value is -1.35. The lowest BCUT2D eigenvalue weighted by molar-refractivity contribution is 0.391. The molecular formula is C14H17O2S+. The second-order valence-corrected chi connectivity index (χ2v) is 6.01. The maximum atomic E-state index is 5.48. The van der Waals surface area contributed by atoms with Crippen molar-refractivity contribution >= 4 is 21.7 Å². The summed E-state index contributed by atoms with van der Waals surface area (Å²) < 4.78 is 10.9. The van der Waals surface area contributed by atoms with Crippen LogP contribution in [0.4, 0.5) is 0 Å². The summed E-state index contributed by atoms with van der Waals surface area (Å²) in [6.45, 7) is 0. The molecule has 0 N–H and O–H groups in total. The van der Waals surface area contributed by atoms with E-state index in [0.717, 1.165) is 16.9 Å². The molecule has 2 aromatic rings. The number of fused-ring (bicyclic) bond motifs is 1. The third kappa shape index (κ3) is 2.07. The highest BCUT2D eigenvalue weighted by Crippen LogP contribution is 2.38. The van der Waals surface area contributed by atoms with E-state index in [2.05, 4.69) is 30.7 Å². The van der Waals surface area contributed by atoms with E-state index in [-0.39, 0.29) is 10.9 Å². The van der Waals surface area contributed by atoms with Crippen molar-refractivity contribution in [1.82, 2.24) is 0 Å². The van der Waals surface area contributed by atoms with Crippen molar-refractivity contribution < 1.29 is 9.47 Å². The summed E-state index contributed by atoms with van der Waals surface area (Å²) in [4.78, 5) is 1.27. The molecule has 0 heterocycles. The van der Waals surface area contributed by atoms with Gasteiger partial charge < -0.3 is 9.47 Å². The zero-order chi connectivity index (χ0) is 12.4. The van der Waals surface area contributed by atoms with Crippen LogP contribution in [-0.2, 0) is 10.9 Å². The molecule has 0 saturated carbocycles. The smallest absolute Gasteiger partial charge is 0.204 e. The molecule has 0 aliphatic rings. The normalized spacial score (nSPS) is 10.9. The Morgan fingerprint density at radius 2 is 1.47 bits per heavy atom. The summed E-state index contributed by atoms with van der Waals surface area (Å²) in [7, 11) is 3.55. The zero-order valence-corrected chi connectivity index (χ0v) is 11.4. The van der Waals surface area contributed by atoms with Gasteiger partial charge in [0.25, 0.3) is 0 Å². The molecule has 17 heavy (non-hydrogen) atoms. The van der Waals surface area contributed by atoms with Gasteiger partial charge in [0.2, 0.25) is 4.90 Å². The fraction of sp³-hybridized carbons (Fsp3) is 0.286. The first-order chi connectivity index (χ1) is 8.19. The Kier molecular flexibility index (Phi) is 3.48. The van der Waals surface area contributed by atoms with Gasteiger partial charge in [-0.3, -0.25) is 0 Å². The minimum atomic E-state index is 0.144. The number of hydrogen-bond acceptors (Lipinski definition) is 2. The predicted octanol–water partition coefficient (Wildman–Crippen LogP) is 3.09. The Bertz CT molecular complexity index is 535. The molecular weight excluding hydrogens is 232 g/mol. The second-order valence-electron chi connectivity index (χ2n) is 3.97. The number of methoxy groups -OCH3 is 2. The SMILES string of the molecule is COc1cc(OC)c2ccccc2c1[S+](C)C. The van der Waals surface area contributed by atoms with Crippen molar-refractivity contribution in [3.05, 3.63) is 30.3 Å². The highest BCUT2D eigenvalue weighted by Gasteiger charge is 2.22. The average molecular weight is 249 g/mol. The molecule has 0 aliphatic carbocycles. The molecule has 0 saturated heterocycles. The Balaban J connectivity index is 2.85. The minimum Gasteiger partial charge on any atom is -0.496 e. The Labute approximate surface area is 105 Å². The maximum absolute atomic E-state index is 5.48. The fourth-order valence-electron chi connectivity index (χ4n) is 2.03. The van der Waals surface area contributed by atoms with E-state index in [9.17, 15) is 0 Å². The van der Waals surface area contributed by atoms with Crippen molar-refractivity contribution in [2.45, 2.75) is 4.90 Å². The molecule has 0 radical (unpaired) electrons. The number of hydrogen-bond donors (Lipinski definition) is 0. The maximum Gasteiger partial charge on any atom is 0.204 e. The lowest BCUT2D eigenvalue weighted by atomic mass is 10.1. The third-order valence-electron chi connectivity index (χ3n) is 2.77. The van der Waals surface area contributed by atoms with Crippen molar-refractivity contribution in [2.75, 3.05) is 26.7 Å². The van der Waals surface area contributed by atoms with Gasteiger partial charge >= 0.3 is 0 Å². The quantitative estimate of drug-likeness (QED) is 0.778. The van der Waals surface area contributed by atoms with Gasteiger partial charge in [-0.05, 0) is 6.07 Å². The molecule has 2 nitrogen and oxygen atoms in total. The summed E-state index contributed by atoms with van der Waals surface area (Å²) in [5.74, 6) is 1.78. The van der Waals surface area contributed by atoms with Crippen molar-refractivity contribution in [3.63, 3.8) is 0 Å². The van der Waals surface area contributed by atoms with Gasteiger partial charge in [-0.15, -0.1) is 0 Å². The van der Waals surface area contributed by atoms with Crippen LogP contribution in [-0.4, -0.2) is 26.7 Å². The Morgan fingerprint density at radius 1 is 0.882 bits per heavy atom. The summed E-state index contributed by atoms with van der Waals surface area (Å²) in [5.41, 5.74) is 0. The molecule has 2 rings (SSSR count). The summed E-state index contributed by atoms with van der Waals surface area (Å²) in [6, 6.07) is 10.3. The van der Waals surface area contributed by atoms with E-state index in [0.29, 0.717) is 0 Å². The van der Waals surface area contributed by atoms with E-state index in [4.69, 9.17) is 9.47 Å². The van der Waals surface area contributed by atoms with Gasteiger partial charge in [0, 0.05) is 27.7 Å². The van der Waals surface area contributed by atoms with Crippen molar-refractivity contribution in [3.8, 4) is 11.5 Å². The van der Waals surface area contributed by atoms with E-state index in [1.165, 1.54) is 10.3 Å². The van der Waals surface area contributed by atoms with Gasteiger partial charge in [0.15, 0.2) is 5.75 Å². The van der Waals surface area contributed by atoms with Crippen LogP contribution in [0.15, 0.2) is 35.2 Å². The lowest BCUT2D eigenvalue weighted by Gasteiger charge is -2.12. The van der Waals surface area contributed by atoms with E-state index in [1.54, 1.807) is 14.2 Å². The molecule has 0 aromatic heterocycles. The van der Waals surface area contributed by atoms with Gasteiger partial charge in [0.1, 0.15) is 18.3 Å². The van der Waals surface area contributed by atoms with Crippen LogP contribution in [0.3, 0.4) is 0 Å². The average Bonchev–Trinajstić information content (AvgIpc) is 2.36. The van der Waals surface area contributed by atoms with Crippen molar-refractivity contribution in [2.24, 2.45) is 0 Å². The molecule has 0 atom stereocenters. The molecule has 0 amide bonds. The van der Waals surface area contributed by atoms with E-state index < -0.39 is 0 Å². The van der Waals surface area contributed by atoms with Gasteiger partial charge in [-0.2, -0.15) is 0 Å². The van der Waals surface area contributed by atoms with Crippen LogP contribution >= 0.6 is 0 Å². The van der Waals surface area contributed by atoms with Crippen LogP contribution in [0.25, 0.3) is 10.8 Å². The zero-order valence-electron chi connectivity index (χ0n) is 10.6. The minimum absolute atomic E-state index is 0.144. The molecule has 0 fully saturated rings. The molecule has 90 valence electrons. The second kappa shape index (κ2) is 4.88. The van der Waals surface area contributed by atoms with Crippen LogP contribution in [0.5, 0.6) is 11.5 Å². The van der Waals surface area contributed by atoms with Crippen LogP contribution in [0.2, 0.25) is 0 Å². The first-order valence-electron chi connectivity index (χ1n) is 5.40. The molecule has 3 heteroatoms. The fourth-order valence-corrected chi connectivity index (χ4v) is 3.20. The largest absolute Gasteiger partial charge is 0.496 e. The Morgan fingerprint density at radius 3 is 2.00 bits per heavy atom. The molecule has 0 bridgehead atoms. The van der Waals surface area contributed by atoms with Gasteiger partial charge in [-0.1, -0.05) is 18.2 Å². The number of ether oxygens (including phenoxy) is 2. The number of rotatable bonds is 3. The van der Waals surface area contributed by atoms with Crippen LogP contribution < -0.4 is 9.47 Å². The summed E-state index contributed by atoms with van der Waals surface area (Å²) in [5, 5.41) is 2.36. The van der Waals surface area contributed by atoms with E-state index in [1.807, 2.05) is 12.1 Å². The third-order valence-corrected chi connectivity index (χ3v) is 4.01. The standard InChI is InChI=1S/C14H17O2S/c1-15-12-9-13(16-2)14(17(3)4)11-8-6-5-7-10(11)12/h5-9H,1-4H3/q+1. The number of benzene rings is 2. The topological polar surface area (TPSA) is 18.5 Å². The first kappa shape index (κ1) is 12.1. The predicted molar refractivity (Wildman–Crippen MR) is 74.5 cm³/mol. The van der Waals surface area contributed by atoms with Crippen molar-refractivity contribution in [1.29, 1.82) is 0 Å². The van der Waals surface area contributed by atoms with Crippen LogP contribution in [0.1, 0.15) is 0 Å². The first-order valence-corrected chi connectivity index (χ1v) is 7.44. The molecule has 2 aromatic carbocycles. The van der Waals surface area contributed by atoms with E-state index >= 15 is 0 Å². The summed E-state index contributed by atoms with van der Waals surface area (Å²) in [6.07, 6.45) is 4.41. The summed E-state index contributed by atoms with van der Waals surface area (Å²) >= 11 is 0. The van der Waals surface area contributed by atoms with Gasteiger partial charge in [0.05, 0.1) is 14.2 Å². The molecule has 0 spiro atoms. The highest BCUT2D eigenvalue weighted by atomic mass is 32.2. The van der Waals surface area contributed by atoms with Gasteiger partial charge in [-0.25, -0.2) is 0 Å². The highest BCUT2D eigenvalue weighted by molar-refractivity contribution is 7.95. The monoisotopic (exact) mass is 249 g/mol. The van der Waals surface area contributed by atoms with Crippen LogP contribution in [0, 0.1) is 0 Å². The molecule has 0 aliphatic heterocycles.